The van der Waals surface area contributed by atoms with Crippen LogP contribution < -0.4 is 104 Å². The number of methoxy groups -OCH3 is 2. The van der Waals surface area contributed by atoms with Crippen LogP contribution >= 0.6 is 11.6 Å². The fourth-order valence-corrected chi connectivity index (χ4v) is 16.4. The molecule has 3 aromatic heterocycles. The van der Waals surface area contributed by atoms with E-state index in [4.69, 9.17) is 44.6 Å². The molecule has 43 heteroatoms. The molecule has 758 valence electrons. The molecule has 0 bridgehead atoms. The zero-order valence-corrected chi connectivity index (χ0v) is 83.8. The number of aromatic nitrogens is 6. The Morgan fingerprint density at radius 3 is 1.05 bits per heavy atom. The van der Waals surface area contributed by atoms with Crippen LogP contribution in [0.3, 0.4) is 0 Å². The van der Waals surface area contributed by atoms with Crippen molar-refractivity contribution in [2.24, 2.45) is 42.3 Å². The number of hydrogen-bond acceptors (Lipinski definition) is 23. The molecule has 34 nitrogen and oxygen atoms in total. The summed E-state index contributed by atoms with van der Waals surface area (Å²) in [6.07, 6.45) is 5.75. The number of benzene rings is 6. The number of fused-ring (bicyclic) bond motifs is 3. The molecule has 0 saturated carbocycles. The fourth-order valence-electron chi connectivity index (χ4n) is 16.2. The molecule has 141 heavy (non-hydrogen) atoms. The van der Waals surface area contributed by atoms with Gasteiger partial charge in [0, 0.05) is 130 Å². The Bertz CT molecular complexity index is 6500. The van der Waals surface area contributed by atoms with Crippen LogP contribution in [0, 0.1) is 55.7 Å². The molecule has 6 atom stereocenters. The van der Waals surface area contributed by atoms with E-state index in [-0.39, 0.29) is 101 Å². The minimum Gasteiger partial charge on any atom is -0.870 e. The van der Waals surface area contributed by atoms with Gasteiger partial charge < -0.3 is 90.1 Å². The number of carboxylic acids is 1. The number of carbonyl (C=O) groups excluding carboxylic acids is 5. The van der Waals surface area contributed by atoms with Gasteiger partial charge in [-0.1, -0.05) is 68.8 Å². The van der Waals surface area contributed by atoms with Crippen molar-refractivity contribution in [1.29, 1.82) is 0 Å². The predicted molar refractivity (Wildman–Crippen MR) is 516 cm³/mol. The van der Waals surface area contributed by atoms with Gasteiger partial charge in [0.25, 0.3) is 34.4 Å². The molecule has 0 spiro atoms. The number of rotatable bonds is 27. The Balaban J connectivity index is 0.000000268. The van der Waals surface area contributed by atoms with Gasteiger partial charge in [-0.2, -0.15) is 0 Å². The van der Waals surface area contributed by atoms with Gasteiger partial charge in [0.15, 0.2) is 0 Å². The van der Waals surface area contributed by atoms with Crippen LogP contribution in [0.5, 0.6) is 17.2 Å². The summed E-state index contributed by atoms with van der Waals surface area (Å²) in [4.78, 5) is 150. The van der Waals surface area contributed by atoms with Crippen LogP contribution in [-0.4, -0.2) is 168 Å². The summed E-state index contributed by atoms with van der Waals surface area (Å²) in [6.45, 7) is 25.5. The fraction of sp³-hybridized carbons (Fsp3) is 0.449. The molecule has 0 aliphatic carbocycles. The van der Waals surface area contributed by atoms with E-state index in [1.54, 1.807) is 66.2 Å². The molecule has 0 unspecified atom stereocenters. The zero-order valence-electron chi connectivity index (χ0n) is 83.1. The second kappa shape index (κ2) is 48.7. The molecule has 13 rings (SSSR count). The summed E-state index contributed by atoms with van der Waals surface area (Å²) >= 11 is 5.67. The molecule has 1 fully saturated rings. The van der Waals surface area contributed by atoms with Gasteiger partial charge in [0.2, 0.25) is 0 Å². The van der Waals surface area contributed by atoms with Crippen molar-refractivity contribution in [3.05, 3.63) is 242 Å². The topological polar surface area (TPSA) is 453 Å². The third kappa shape index (κ3) is 25.5. The van der Waals surface area contributed by atoms with Crippen molar-refractivity contribution in [3.8, 4) is 39.5 Å². The van der Waals surface area contributed by atoms with Crippen LogP contribution in [0.4, 0.5) is 43.4 Å². The largest absolute Gasteiger partial charge is 1.00 e. The Kier molecular flexibility index (Phi) is 39.8. The quantitative estimate of drug-likeness (QED) is 0.0154. The van der Waals surface area contributed by atoms with Crippen LogP contribution in [0.25, 0.3) is 22.3 Å². The molecule has 6 aromatic carbocycles. The van der Waals surface area contributed by atoms with Gasteiger partial charge in [-0.15, -0.1) is 0 Å². The monoisotopic (exact) mass is 1980 g/mol. The number of nitrogens with one attached hydrogen (secondary N) is 6. The van der Waals surface area contributed by atoms with Crippen molar-refractivity contribution in [2.75, 3.05) is 50.0 Å². The van der Waals surface area contributed by atoms with Crippen molar-refractivity contribution in [3.63, 3.8) is 0 Å². The standard InChI is InChI=1S/C31H36F2N4O6.C30H39BF2N2O6.C30H34F2N4O6.C7H9ClN2O2.Li.2H2O/c1-7-16(2)34-19-14-22(32)26(23(33)15-19)28(38)35-24(30(40)42-6)13-18-10-11-21(27-20(18)9-8-12-43-27)25-17(3)36(4)31(41)37(5)29(25)39;1-8-17(2)34-19-15-22(32)25(23(33)16-19)27(36)35-24(28(37)38-7)14-18-11-12-21(26-20(18)10-9-13-39-26)31-40-29(3,4)30(5,6)41-31;1-6-15(2)33-18-13-21(31)25(22(32)14-18)27(37)34-23(29(39)40)12-17-9-10-20(26-19(17)8-7-11-42-26)24-16(3)35(4)30(41)36(5)28(24)38;1-4-5(8)6(11)10(3)7(12)9(4)2;;;/h10-11,14-16,24,34H,7-9,12-13H2,1-6H3,(H,35,38);11-12,15-17,24,34H,8-10,13-14H2,1-7H3,(H,35,36);9-10,13-15,23,33H,6-8,11-12H2,1-5H3,(H,34,37)(H,39,40);1-3H3;;2*1H2/q;;;;+1;;/p-1/t16-,24-;17-,24-;15-,23-;;;;/m000..../s1. The zero-order chi connectivity index (χ0) is 102. The summed E-state index contributed by atoms with van der Waals surface area (Å²) in [6, 6.07) is 12.4. The number of amides is 3. The summed E-state index contributed by atoms with van der Waals surface area (Å²) in [5, 5.41) is 26.1. The van der Waals surface area contributed by atoms with Crippen molar-refractivity contribution >= 4 is 76.9 Å². The molecule has 4 aliphatic rings. The normalized spacial score (nSPS) is 14.7. The molecule has 7 heterocycles. The molecular weight excluding hydrogens is 1860 g/mol. The van der Waals surface area contributed by atoms with Crippen LogP contribution in [0.1, 0.15) is 189 Å². The molecule has 1 saturated heterocycles. The van der Waals surface area contributed by atoms with Crippen molar-refractivity contribution in [2.45, 2.75) is 215 Å². The number of carbonyl (C=O) groups is 6. The summed E-state index contributed by atoms with van der Waals surface area (Å²) < 4.78 is 137. The number of halogens is 7. The van der Waals surface area contributed by atoms with Crippen LogP contribution in [0.15, 0.2) is 102 Å². The number of carboxylic acid groups (broad SMARTS) is 1. The average Bonchev–Trinajstić information content (AvgIpc) is 1.71. The Hall–Kier alpha value is -12.6. The van der Waals surface area contributed by atoms with Gasteiger partial charge in [0.05, 0.1) is 56.4 Å². The van der Waals surface area contributed by atoms with Gasteiger partial charge in [-0.3, -0.25) is 47.0 Å². The van der Waals surface area contributed by atoms with Crippen LogP contribution in [-0.2, 0) is 114 Å². The molecule has 4 aliphatic heterocycles. The Labute approximate surface area is 827 Å². The first-order chi connectivity index (χ1) is 65.0. The second-order valence-electron chi connectivity index (χ2n) is 35.5. The van der Waals surface area contributed by atoms with E-state index in [0.717, 1.165) is 98.6 Å². The molecule has 10 N–H and O–H groups in total. The maximum absolute atomic E-state index is 14.9. The molecular formula is C98H121BClF6LiN12O22. The number of ether oxygens (including phenoxy) is 5. The SMILES string of the molecule is CC[C@H](C)Nc1cc(F)c(C(=O)N[C@@H](Cc2ccc(-c3c(C)n(C)c(=O)n(C)c3=O)c3c2CCCO3)C(=O)O)c(F)c1.CC[C@H](C)Nc1cc(F)c(C(=O)N[C@@H](Cc2ccc(-c3c(C)n(C)c(=O)n(C)c3=O)c3c2CCCO3)C(=O)OC)c(F)c1.CC[C@H](C)Nc1cc(F)c(C(=O)N[C@@H](Cc2ccc(B3OC(C)(C)C(C)(C)O3)c3c2CCCO3)C(=O)OC)c(F)c1.Cc1c(Cl)c(=O)n(C)c(=O)n1C.O.[Li+].[OH-]. The summed E-state index contributed by atoms with van der Waals surface area (Å²) in [5.41, 5.74) is 2.21. The maximum Gasteiger partial charge on any atom is 1.00 e. The Morgan fingerprint density at radius 2 is 0.738 bits per heavy atom. The van der Waals surface area contributed by atoms with E-state index in [1.807, 2.05) is 81.4 Å². The van der Waals surface area contributed by atoms with Crippen molar-refractivity contribution < 1.29 is 123 Å². The number of hydrogen-bond donors (Lipinski definition) is 7. The van der Waals surface area contributed by atoms with Crippen LogP contribution in [0.2, 0.25) is 5.02 Å². The van der Waals surface area contributed by atoms with E-state index in [0.29, 0.717) is 126 Å². The van der Waals surface area contributed by atoms with E-state index >= 15 is 0 Å². The second-order valence-corrected chi connectivity index (χ2v) is 35.9. The van der Waals surface area contributed by atoms with E-state index in [9.17, 15) is 89.0 Å². The van der Waals surface area contributed by atoms with E-state index in [2.05, 4.69) is 31.9 Å². The predicted octanol–water partition coefficient (Wildman–Crippen LogP) is 7.05. The van der Waals surface area contributed by atoms with Gasteiger partial charge in [-0.25, -0.2) is 55.1 Å². The first-order valence-corrected chi connectivity index (χ1v) is 45.6. The number of nitrogens with zero attached hydrogens (tertiary/aromatic N) is 6. The minimum absolute atomic E-state index is 0. The van der Waals surface area contributed by atoms with Crippen molar-refractivity contribution in [1.82, 2.24) is 43.4 Å². The minimum atomic E-state index is -1.52. The van der Waals surface area contributed by atoms with Gasteiger partial charge in [-0.05, 0) is 197 Å². The first kappa shape index (κ1) is 115. The summed E-state index contributed by atoms with van der Waals surface area (Å²) in [7, 11) is 10.6. The Morgan fingerprint density at radius 1 is 0.454 bits per heavy atom. The smallest absolute Gasteiger partial charge is 0.870 e. The molecule has 3 amide bonds. The number of anilines is 3. The van der Waals surface area contributed by atoms with Gasteiger partial charge >= 0.3 is 61.0 Å². The third-order valence-corrected chi connectivity index (χ3v) is 26.2. The number of aliphatic carboxylic acids is 1. The van der Waals surface area contributed by atoms with Gasteiger partial charge in [0.1, 0.15) is 92.0 Å². The summed E-state index contributed by atoms with van der Waals surface area (Å²) in [5.74, 6) is -11.3. The third-order valence-electron chi connectivity index (χ3n) is 25.7. The average molecular weight is 1990 g/mol. The van der Waals surface area contributed by atoms with E-state index < -0.39 is 152 Å². The van der Waals surface area contributed by atoms with E-state index in [1.165, 1.54) is 42.0 Å². The molecule has 9 aromatic rings. The number of esters is 2. The maximum atomic E-state index is 14.9. The molecule has 0 radical (unpaired) electrons. The first-order valence-electron chi connectivity index (χ1n) is 45.2.